The second-order valence-corrected chi connectivity index (χ2v) is 9.15. The molecule has 0 N–H and O–H groups in total. The van der Waals surface area contributed by atoms with Crippen molar-refractivity contribution in [3.8, 4) is 11.4 Å². The SMILES string of the molecule is Cc1ccc(-c2ncccn2)c(CN2C(=O)COC23CCN(c2cnc4ccccc4n2)CC3)c1. The first-order valence-corrected chi connectivity index (χ1v) is 11.9. The van der Waals surface area contributed by atoms with Gasteiger partial charge in [0.2, 0.25) is 0 Å². The van der Waals surface area contributed by atoms with E-state index in [-0.39, 0.29) is 12.5 Å². The Kier molecular flexibility index (Phi) is 5.37. The number of anilines is 1. The molecule has 0 bridgehead atoms. The first kappa shape index (κ1) is 21.6. The molecule has 0 saturated carbocycles. The lowest BCUT2D eigenvalue weighted by molar-refractivity contribution is -0.137. The maximum atomic E-state index is 13.0. The Hall–Kier alpha value is -3.91. The summed E-state index contributed by atoms with van der Waals surface area (Å²) in [6.45, 7) is 4.10. The van der Waals surface area contributed by atoms with E-state index in [1.54, 1.807) is 18.5 Å². The summed E-state index contributed by atoms with van der Waals surface area (Å²) in [4.78, 5) is 35.4. The molecular weight excluding hydrogens is 440 g/mol. The van der Waals surface area contributed by atoms with Crippen LogP contribution in [-0.2, 0) is 16.1 Å². The lowest BCUT2D eigenvalue weighted by Gasteiger charge is -2.44. The van der Waals surface area contributed by atoms with E-state index in [2.05, 4.69) is 38.9 Å². The van der Waals surface area contributed by atoms with Crippen LogP contribution in [0.5, 0.6) is 0 Å². The molecule has 4 heterocycles. The minimum atomic E-state index is -0.615. The lowest BCUT2D eigenvalue weighted by atomic mass is 9.96. The highest BCUT2D eigenvalue weighted by molar-refractivity contribution is 5.80. The van der Waals surface area contributed by atoms with Crippen molar-refractivity contribution in [1.29, 1.82) is 0 Å². The molecule has 1 spiro atoms. The summed E-state index contributed by atoms with van der Waals surface area (Å²) in [7, 11) is 0. The molecular formula is C27H26N6O2. The van der Waals surface area contributed by atoms with Gasteiger partial charge < -0.3 is 14.5 Å². The van der Waals surface area contributed by atoms with E-state index in [9.17, 15) is 4.79 Å². The van der Waals surface area contributed by atoms with Crippen LogP contribution in [0, 0.1) is 6.92 Å². The number of benzene rings is 2. The maximum Gasteiger partial charge on any atom is 0.251 e. The Bertz CT molecular complexity index is 1390. The number of aromatic nitrogens is 4. The second kappa shape index (κ2) is 8.70. The molecule has 2 fully saturated rings. The number of fused-ring (bicyclic) bond motifs is 1. The minimum Gasteiger partial charge on any atom is -0.355 e. The summed E-state index contributed by atoms with van der Waals surface area (Å²) in [6.07, 6.45) is 6.72. The van der Waals surface area contributed by atoms with Crippen molar-refractivity contribution in [2.45, 2.75) is 32.0 Å². The molecule has 0 atom stereocenters. The van der Waals surface area contributed by atoms with Gasteiger partial charge in [-0.05, 0) is 30.7 Å². The van der Waals surface area contributed by atoms with Crippen molar-refractivity contribution in [2.75, 3.05) is 24.6 Å². The smallest absolute Gasteiger partial charge is 0.251 e. The number of ether oxygens (including phenoxy) is 1. The fraction of sp³-hybridized carbons (Fsp3) is 0.296. The molecule has 35 heavy (non-hydrogen) atoms. The zero-order chi connectivity index (χ0) is 23.8. The van der Waals surface area contributed by atoms with Gasteiger partial charge in [-0.1, -0.05) is 35.9 Å². The average molecular weight is 467 g/mol. The van der Waals surface area contributed by atoms with Crippen LogP contribution < -0.4 is 4.90 Å². The summed E-state index contributed by atoms with van der Waals surface area (Å²) in [5.41, 5.74) is 4.25. The standard InChI is InChI=1S/C27H26N6O2/c1-19-7-8-21(26-28-11-4-12-29-26)20(15-19)17-33-25(34)18-35-27(33)9-13-32(14-10-27)24-16-30-22-5-2-3-6-23(22)31-24/h2-8,11-12,15-16H,9-10,13-14,17-18H2,1H3. The molecule has 2 aromatic carbocycles. The quantitative estimate of drug-likeness (QED) is 0.453. The highest BCUT2D eigenvalue weighted by Crippen LogP contribution is 2.38. The molecule has 0 aliphatic carbocycles. The Labute approximate surface area is 203 Å². The van der Waals surface area contributed by atoms with Gasteiger partial charge in [0.15, 0.2) is 5.82 Å². The molecule has 4 aromatic rings. The Morgan fingerprint density at radius 2 is 1.74 bits per heavy atom. The van der Waals surface area contributed by atoms with Gasteiger partial charge in [0.05, 0.1) is 17.2 Å². The molecule has 1 amide bonds. The molecule has 0 unspecified atom stereocenters. The number of carbonyl (C=O) groups excluding carboxylic acids is 1. The number of para-hydroxylation sites is 2. The summed E-state index contributed by atoms with van der Waals surface area (Å²) in [5, 5.41) is 0. The van der Waals surface area contributed by atoms with Gasteiger partial charge >= 0.3 is 0 Å². The molecule has 0 radical (unpaired) electrons. The van der Waals surface area contributed by atoms with Crippen molar-refractivity contribution >= 4 is 22.8 Å². The van der Waals surface area contributed by atoms with Gasteiger partial charge in [0, 0.05) is 50.4 Å². The van der Waals surface area contributed by atoms with Crippen molar-refractivity contribution in [2.24, 2.45) is 0 Å². The Morgan fingerprint density at radius 1 is 0.971 bits per heavy atom. The first-order valence-electron chi connectivity index (χ1n) is 11.9. The average Bonchev–Trinajstić information content (AvgIpc) is 3.19. The lowest BCUT2D eigenvalue weighted by Crippen LogP contribution is -2.54. The van der Waals surface area contributed by atoms with E-state index in [0.717, 1.165) is 46.6 Å². The normalized spacial score (nSPS) is 17.5. The highest BCUT2D eigenvalue weighted by Gasteiger charge is 2.48. The predicted octanol–water partition coefficient (Wildman–Crippen LogP) is 3.75. The monoisotopic (exact) mass is 466 g/mol. The summed E-state index contributed by atoms with van der Waals surface area (Å²) < 4.78 is 6.19. The van der Waals surface area contributed by atoms with E-state index < -0.39 is 5.72 Å². The molecule has 2 saturated heterocycles. The molecule has 2 aliphatic rings. The summed E-state index contributed by atoms with van der Waals surface area (Å²) in [6, 6.07) is 15.9. The van der Waals surface area contributed by atoms with Crippen molar-refractivity contribution in [3.63, 3.8) is 0 Å². The third-order valence-electron chi connectivity index (χ3n) is 6.96. The number of hydrogen-bond donors (Lipinski definition) is 0. The van der Waals surface area contributed by atoms with E-state index >= 15 is 0 Å². The summed E-state index contributed by atoms with van der Waals surface area (Å²) >= 11 is 0. The van der Waals surface area contributed by atoms with Gasteiger partial charge in [0.1, 0.15) is 18.1 Å². The predicted molar refractivity (Wildman–Crippen MR) is 132 cm³/mol. The van der Waals surface area contributed by atoms with Gasteiger partial charge in [-0.25, -0.2) is 15.0 Å². The van der Waals surface area contributed by atoms with Crippen LogP contribution in [0.4, 0.5) is 5.82 Å². The van der Waals surface area contributed by atoms with Crippen molar-refractivity contribution < 1.29 is 9.53 Å². The van der Waals surface area contributed by atoms with Gasteiger partial charge in [0.25, 0.3) is 5.91 Å². The molecule has 8 nitrogen and oxygen atoms in total. The van der Waals surface area contributed by atoms with Crippen LogP contribution in [0.2, 0.25) is 0 Å². The van der Waals surface area contributed by atoms with Gasteiger partial charge in [-0.15, -0.1) is 0 Å². The van der Waals surface area contributed by atoms with E-state index in [1.807, 2.05) is 41.4 Å². The van der Waals surface area contributed by atoms with Crippen molar-refractivity contribution in [1.82, 2.24) is 24.8 Å². The van der Waals surface area contributed by atoms with Crippen LogP contribution in [0.3, 0.4) is 0 Å². The first-order chi connectivity index (χ1) is 17.1. The van der Waals surface area contributed by atoms with Crippen LogP contribution in [0.1, 0.15) is 24.0 Å². The maximum absolute atomic E-state index is 13.0. The molecule has 6 rings (SSSR count). The largest absolute Gasteiger partial charge is 0.355 e. The number of amides is 1. The van der Waals surface area contributed by atoms with Gasteiger partial charge in [-0.3, -0.25) is 9.78 Å². The summed E-state index contributed by atoms with van der Waals surface area (Å²) in [5.74, 6) is 1.54. The van der Waals surface area contributed by atoms with Gasteiger partial charge in [-0.2, -0.15) is 0 Å². The van der Waals surface area contributed by atoms with Crippen LogP contribution in [0.15, 0.2) is 67.1 Å². The molecule has 176 valence electrons. The third-order valence-corrected chi connectivity index (χ3v) is 6.96. The fourth-order valence-corrected chi connectivity index (χ4v) is 5.09. The third kappa shape index (κ3) is 4.00. The van der Waals surface area contributed by atoms with E-state index in [4.69, 9.17) is 9.72 Å². The second-order valence-electron chi connectivity index (χ2n) is 9.15. The van der Waals surface area contributed by atoms with E-state index in [0.29, 0.717) is 25.2 Å². The Balaban J connectivity index is 1.25. The number of piperidine rings is 1. The zero-order valence-electron chi connectivity index (χ0n) is 19.6. The molecule has 8 heteroatoms. The number of hydrogen-bond acceptors (Lipinski definition) is 7. The van der Waals surface area contributed by atoms with Crippen molar-refractivity contribution in [3.05, 3.63) is 78.2 Å². The number of carbonyl (C=O) groups is 1. The highest BCUT2D eigenvalue weighted by atomic mass is 16.5. The topological polar surface area (TPSA) is 84.3 Å². The van der Waals surface area contributed by atoms with Crippen LogP contribution in [0.25, 0.3) is 22.4 Å². The number of rotatable bonds is 4. The number of aryl methyl sites for hydroxylation is 1. The minimum absolute atomic E-state index is 0.0189. The van der Waals surface area contributed by atoms with E-state index in [1.165, 1.54) is 0 Å². The number of nitrogens with zero attached hydrogens (tertiary/aromatic N) is 6. The molecule has 2 aliphatic heterocycles. The fourth-order valence-electron chi connectivity index (χ4n) is 5.09. The van der Waals surface area contributed by atoms with Crippen LogP contribution in [-0.4, -0.2) is 56.2 Å². The molecule has 2 aromatic heterocycles. The van der Waals surface area contributed by atoms with Crippen LogP contribution >= 0.6 is 0 Å². The zero-order valence-corrected chi connectivity index (χ0v) is 19.6. The Morgan fingerprint density at radius 3 is 2.54 bits per heavy atom.